The molecule has 1 aliphatic heterocycles. The van der Waals surface area contributed by atoms with Crippen molar-refractivity contribution < 1.29 is 19.4 Å². The number of amides is 2. The van der Waals surface area contributed by atoms with Crippen molar-refractivity contribution >= 4 is 12.0 Å². The summed E-state index contributed by atoms with van der Waals surface area (Å²) in [5, 5.41) is 17.7. The third kappa shape index (κ3) is 8.44. The van der Waals surface area contributed by atoms with Gasteiger partial charge in [-0.25, -0.2) is 4.79 Å². The molecule has 3 rings (SSSR count). The maximum atomic E-state index is 13.8. The number of hydrogen-bond acceptors (Lipinski definition) is 5. The molecular weight excluding hydrogens is 466 g/mol. The van der Waals surface area contributed by atoms with Crippen LogP contribution in [0.3, 0.4) is 0 Å². The molecule has 5 unspecified atom stereocenters. The van der Waals surface area contributed by atoms with Gasteiger partial charge in [-0.3, -0.25) is 10.1 Å². The average molecular weight is 516 g/mol. The van der Waals surface area contributed by atoms with Gasteiger partial charge in [-0.2, -0.15) is 0 Å². The Morgan fingerprint density at radius 2 is 1.81 bits per heavy atom. The van der Waals surface area contributed by atoms with E-state index in [1.807, 2.05) is 56.0 Å². The van der Waals surface area contributed by atoms with Crippen LogP contribution in [0.5, 0.6) is 0 Å². The second kappa shape index (κ2) is 13.6. The summed E-state index contributed by atoms with van der Waals surface area (Å²) in [6.45, 7) is 11.3. The van der Waals surface area contributed by atoms with Gasteiger partial charge in [0.2, 0.25) is 5.91 Å². The molecule has 1 aliphatic carbocycles. The third-order valence-corrected chi connectivity index (χ3v) is 8.09. The highest BCUT2D eigenvalue weighted by Crippen LogP contribution is 2.32. The zero-order valence-corrected chi connectivity index (χ0v) is 23.5. The van der Waals surface area contributed by atoms with E-state index in [4.69, 9.17) is 4.74 Å². The molecule has 2 aliphatic rings. The first kappa shape index (κ1) is 29.4. The first-order valence-corrected chi connectivity index (χ1v) is 14.3. The lowest BCUT2D eigenvalue weighted by atomic mass is 9.81. The van der Waals surface area contributed by atoms with Gasteiger partial charge in [-0.15, -0.1) is 0 Å². The minimum Gasteiger partial charge on any atom is -0.445 e. The first-order valence-electron chi connectivity index (χ1n) is 14.3. The van der Waals surface area contributed by atoms with E-state index >= 15 is 0 Å². The molecule has 3 N–H and O–H groups in total. The van der Waals surface area contributed by atoms with Crippen molar-refractivity contribution in [2.75, 3.05) is 6.54 Å². The molecule has 0 aromatic heterocycles. The fourth-order valence-corrected chi connectivity index (χ4v) is 6.05. The van der Waals surface area contributed by atoms with Gasteiger partial charge in [0.1, 0.15) is 12.8 Å². The van der Waals surface area contributed by atoms with Crippen LogP contribution < -0.4 is 10.6 Å². The number of nitrogens with zero attached hydrogens (tertiary/aromatic N) is 1. The Kier molecular flexibility index (Phi) is 10.8. The molecule has 0 bridgehead atoms. The topological polar surface area (TPSA) is 90.9 Å². The normalized spacial score (nSPS) is 23.4. The molecule has 7 nitrogen and oxygen atoms in total. The highest BCUT2D eigenvalue weighted by Gasteiger charge is 2.42. The summed E-state index contributed by atoms with van der Waals surface area (Å²) in [6, 6.07) is 8.63. The van der Waals surface area contributed by atoms with Crippen molar-refractivity contribution in [3.8, 4) is 0 Å². The number of aliphatic hydroxyl groups is 1. The highest BCUT2D eigenvalue weighted by molar-refractivity contribution is 5.83. The highest BCUT2D eigenvalue weighted by atomic mass is 16.5. The van der Waals surface area contributed by atoms with E-state index in [0.29, 0.717) is 5.92 Å². The molecule has 208 valence electrons. The Bertz CT molecular complexity index is 850. The predicted octanol–water partition coefficient (Wildman–Crippen LogP) is 5.22. The number of nitrogens with one attached hydrogen (secondary N) is 2. The summed E-state index contributed by atoms with van der Waals surface area (Å²) < 4.78 is 5.49. The van der Waals surface area contributed by atoms with Crippen LogP contribution >= 0.6 is 0 Å². The second-order valence-electron chi connectivity index (χ2n) is 12.3. The van der Waals surface area contributed by atoms with Gasteiger partial charge in [0, 0.05) is 12.6 Å². The Morgan fingerprint density at radius 1 is 1.14 bits per heavy atom. The molecule has 0 spiro atoms. The van der Waals surface area contributed by atoms with Crippen molar-refractivity contribution in [1.29, 1.82) is 0 Å². The smallest absolute Gasteiger partial charge is 0.407 e. The number of carbonyl (C=O) groups excluding carboxylic acids is 2. The number of likely N-dealkylation sites (tertiary alicyclic amines) is 1. The summed E-state index contributed by atoms with van der Waals surface area (Å²) in [6.07, 6.45) is 6.83. The van der Waals surface area contributed by atoms with Crippen molar-refractivity contribution in [2.45, 2.75) is 117 Å². The average Bonchev–Trinajstić information content (AvgIpc) is 3.24. The van der Waals surface area contributed by atoms with Crippen LogP contribution in [-0.2, 0) is 16.1 Å². The summed E-state index contributed by atoms with van der Waals surface area (Å²) in [5.41, 5.74) is 0.496. The minimum absolute atomic E-state index is 0.0340. The number of carbonyl (C=O) groups is 2. The largest absolute Gasteiger partial charge is 0.445 e. The molecule has 1 aromatic carbocycles. The Labute approximate surface area is 223 Å². The van der Waals surface area contributed by atoms with Crippen molar-refractivity contribution in [3.63, 3.8) is 0 Å². The number of rotatable bonds is 10. The van der Waals surface area contributed by atoms with Crippen molar-refractivity contribution in [1.82, 2.24) is 15.5 Å². The van der Waals surface area contributed by atoms with Gasteiger partial charge in [0.25, 0.3) is 0 Å². The van der Waals surface area contributed by atoms with Gasteiger partial charge >= 0.3 is 6.09 Å². The number of ether oxygens (including phenoxy) is 1. The van der Waals surface area contributed by atoms with E-state index in [1.165, 1.54) is 6.42 Å². The van der Waals surface area contributed by atoms with Gasteiger partial charge < -0.3 is 20.1 Å². The van der Waals surface area contributed by atoms with Crippen LogP contribution in [0.2, 0.25) is 0 Å². The Hall–Kier alpha value is -2.12. The number of alkyl carbamates (subject to hydrolysis) is 1. The Morgan fingerprint density at radius 3 is 2.43 bits per heavy atom. The van der Waals surface area contributed by atoms with E-state index in [0.717, 1.165) is 57.1 Å². The lowest BCUT2D eigenvalue weighted by Crippen LogP contribution is -2.62. The molecule has 1 saturated heterocycles. The molecule has 5 atom stereocenters. The fraction of sp³-hybridized carbons (Fsp3) is 0.733. The van der Waals surface area contributed by atoms with E-state index in [1.54, 1.807) is 0 Å². The van der Waals surface area contributed by atoms with E-state index in [2.05, 4.69) is 24.5 Å². The van der Waals surface area contributed by atoms with Crippen molar-refractivity contribution in [2.24, 2.45) is 17.3 Å². The van der Waals surface area contributed by atoms with Gasteiger partial charge in [0.05, 0.1) is 12.1 Å². The van der Waals surface area contributed by atoms with Gasteiger partial charge in [-0.05, 0) is 55.4 Å². The molecule has 2 amide bonds. The van der Waals surface area contributed by atoms with Crippen LogP contribution in [0.4, 0.5) is 4.79 Å². The monoisotopic (exact) mass is 515 g/mol. The summed E-state index contributed by atoms with van der Waals surface area (Å²) in [5.74, 6) is 0.688. The Balaban J connectivity index is 1.71. The van der Waals surface area contributed by atoms with Crippen LogP contribution in [0.1, 0.15) is 91.5 Å². The van der Waals surface area contributed by atoms with E-state index < -0.39 is 29.8 Å². The zero-order valence-electron chi connectivity index (χ0n) is 23.5. The third-order valence-electron chi connectivity index (χ3n) is 8.09. The van der Waals surface area contributed by atoms with Gasteiger partial charge in [0.15, 0.2) is 0 Å². The lowest BCUT2D eigenvalue weighted by Gasteiger charge is -2.40. The lowest BCUT2D eigenvalue weighted by molar-refractivity contribution is -0.138. The molecule has 2 fully saturated rings. The van der Waals surface area contributed by atoms with Crippen LogP contribution in [-0.4, -0.2) is 52.9 Å². The zero-order chi connectivity index (χ0) is 27.0. The molecule has 1 saturated carbocycles. The van der Waals surface area contributed by atoms with Crippen LogP contribution in [0.15, 0.2) is 30.3 Å². The number of aliphatic hydroxyl groups excluding tert-OH is 1. The van der Waals surface area contributed by atoms with Crippen molar-refractivity contribution in [3.05, 3.63) is 35.9 Å². The van der Waals surface area contributed by atoms with Crippen LogP contribution in [0.25, 0.3) is 0 Å². The quantitative estimate of drug-likeness (QED) is 0.372. The van der Waals surface area contributed by atoms with E-state index in [-0.39, 0.29) is 24.5 Å². The molecule has 7 heteroatoms. The molecule has 37 heavy (non-hydrogen) atoms. The molecule has 1 heterocycles. The summed E-state index contributed by atoms with van der Waals surface area (Å²) in [4.78, 5) is 28.6. The standard InChI is InChI=1S/C30H49N3O4/c1-6-13-23-18-21(2)33(19-23)28(35)26(30(3,4)5)32-27(34)25(24-16-11-8-12-17-24)31-29(36)37-20-22-14-9-7-10-15-22/h7,9-10,14-15,21,23-27,32,34H,6,8,11-13,16-20H2,1-5H3,(H,31,36). The first-order chi connectivity index (χ1) is 17.6. The molecule has 1 aromatic rings. The van der Waals surface area contributed by atoms with E-state index in [9.17, 15) is 14.7 Å². The van der Waals surface area contributed by atoms with Gasteiger partial charge in [-0.1, -0.05) is 83.7 Å². The SMILES string of the molecule is CCCC1CC(C)N(C(=O)C(NC(O)C(NC(=O)OCc2ccccc2)C2CCCCC2)C(C)(C)C)C1. The predicted molar refractivity (Wildman–Crippen MR) is 147 cm³/mol. The number of benzene rings is 1. The molecular formula is C30H49N3O4. The second-order valence-corrected chi connectivity index (χ2v) is 12.3. The maximum Gasteiger partial charge on any atom is 0.407 e. The van der Waals surface area contributed by atoms with Crippen LogP contribution in [0, 0.1) is 17.3 Å². The summed E-state index contributed by atoms with van der Waals surface area (Å²) >= 11 is 0. The minimum atomic E-state index is -1.06. The number of hydrogen-bond donors (Lipinski definition) is 3. The fourth-order valence-electron chi connectivity index (χ4n) is 6.05. The summed E-state index contributed by atoms with van der Waals surface area (Å²) in [7, 11) is 0. The molecule has 0 radical (unpaired) electrons. The maximum absolute atomic E-state index is 13.8.